The zero-order chi connectivity index (χ0) is 20.4. The number of rotatable bonds is 12. The van der Waals surface area contributed by atoms with E-state index in [0.717, 1.165) is 25.5 Å². The first-order chi connectivity index (χ1) is 11.5. The molecule has 1 aliphatic rings. The van der Waals surface area contributed by atoms with E-state index in [4.69, 9.17) is 12.7 Å². The highest BCUT2D eigenvalue weighted by Gasteiger charge is 2.46. The maximum atomic E-state index is 6.78. The van der Waals surface area contributed by atoms with Crippen LogP contribution in [-0.2, 0) is 12.7 Å². The third-order valence-electron chi connectivity index (χ3n) is 3.66. The number of nitrogens with one attached hydrogen (secondary N) is 1. The minimum Gasteiger partial charge on any atom is -0.424 e. The molecule has 0 bridgehead atoms. The molecule has 3 unspecified atom stereocenters. The number of hydrogen-bond donors (Lipinski definition) is 1. The van der Waals surface area contributed by atoms with Crippen molar-refractivity contribution in [2.45, 2.75) is 51.6 Å². The van der Waals surface area contributed by atoms with Crippen LogP contribution in [-0.4, -0.2) is 67.3 Å². The van der Waals surface area contributed by atoms with Crippen LogP contribution in [0, 0.1) is 5.92 Å². The van der Waals surface area contributed by atoms with E-state index in [2.05, 4.69) is 75.1 Å². The highest BCUT2D eigenvalue weighted by molar-refractivity contribution is 8.31. The van der Waals surface area contributed by atoms with Crippen molar-refractivity contribution in [3.8, 4) is 0 Å². The van der Waals surface area contributed by atoms with E-state index >= 15 is 0 Å². The smallest absolute Gasteiger partial charge is 0.424 e. The molecule has 3 atom stereocenters. The van der Waals surface area contributed by atoms with Crippen LogP contribution in [0.25, 0.3) is 0 Å². The Balaban J connectivity index is 2.78. The predicted octanol–water partition coefficient (Wildman–Crippen LogP) is 4.97. The van der Waals surface area contributed by atoms with E-state index in [0.29, 0.717) is 12.0 Å². The summed E-state index contributed by atoms with van der Waals surface area (Å²) < 4.78 is 23.4. The maximum Gasteiger partial charge on any atom is 0.433 e. The SMILES string of the molecule is C=C(C)C1CC1OCCC[Si](NS(C)(C)C)(O[Si](C)(C)C)OS(C)(C)C. The first-order valence-electron chi connectivity index (χ1n) is 9.35. The van der Waals surface area contributed by atoms with Gasteiger partial charge >= 0.3 is 8.72 Å². The van der Waals surface area contributed by atoms with Crippen molar-refractivity contribution >= 4 is 37.6 Å². The Kier molecular flexibility index (Phi) is 8.59. The van der Waals surface area contributed by atoms with Gasteiger partial charge in [0, 0.05) is 18.6 Å². The standard InChI is InChI=1S/C18H43NO3S2Si2/c1-16(2)17-15-18(17)20-13-12-14-26(19-23(3,4)5,21-24(6,7)8)22-25(9,10)11/h17-19H,1,12-15H2,2-11H3. The molecule has 1 N–H and O–H groups in total. The van der Waals surface area contributed by atoms with E-state index in [1.807, 2.05) is 0 Å². The van der Waals surface area contributed by atoms with E-state index in [-0.39, 0.29) is 0 Å². The zero-order valence-electron chi connectivity index (χ0n) is 18.7. The molecule has 8 heteroatoms. The molecule has 0 saturated heterocycles. The summed E-state index contributed by atoms with van der Waals surface area (Å²) in [6, 6.07) is 0.941. The normalized spacial score (nSPS) is 24.8. The fraction of sp³-hybridized carbons (Fsp3) is 0.889. The summed E-state index contributed by atoms with van der Waals surface area (Å²) in [4.78, 5) is 0. The van der Waals surface area contributed by atoms with Crippen LogP contribution in [0.4, 0.5) is 0 Å². The van der Waals surface area contributed by atoms with Gasteiger partial charge < -0.3 is 12.7 Å². The van der Waals surface area contributed by atoms with E-state index in [9.17, 15) is 0 Å². The van der Waals surface area contributed by atoms with Crippen molar-refractivity contribution in [3.63, 3.8) is 0 Å². The van der Waals surface area contributed by atoms with Crippen molar-refractivity contribution in [2.24, 2.45) is 5.92 Å². The van der Waals surface area contributed by atoms with Gasteiger partial charge in [-0.25, -0.2) is 10.2 Å². The quantitative estimate of drug-likeness (QED) is 0.264. The molecule has 0 aliphatic heterocycles. The third kappa shape index (κ3) is 10.3. The highest BCUT2D eigenvalue weighted by atomic mass is 32.3. The molecule has 26 heavy (non-hydrogen) atoms. The van der Waals surface area contributed by atoms with Crippen LogP contribution < -0.4 is 4.39 Å². The van der Waals surface area contributed by atoms with E-state index in [1.54, 1.807) is 0 Å². The molecule has 0 amide bonds. The van der Waals surface area contributed by atoms with Crippen molar-refractivity contribution in [1.82, 2.24) is 4.39 Å². The summed E-state index contributed by atoms with van der Waals surface area (Å²) >= 11 is 0. The molecule has 1 fully saturated rings. The Hall–Kier alpha value is 0.714. The summed E-state index contributed by atoms with van der Waals surface area (Å²) in [6.07, 6.45) is 16.0. The van der Waals surface area contributed by atoms with E-state index in [1.165, 1.54) is 5.57 Å². The second kappa shape index (κ2) is 9.03. The summed E-state index contributed by atoms with van der Waals surface area (Å²) in [5, 5.41) is 0. The molecule has 1 aliphatic carbocycles. The molecule has 1 rings (SSSR count). The fourth-order valence-corrected chi connectivity index (χ4v) is 17.1. The van der Waals surface area contributed by atoms with Gasteiger partial charge in [-0.1, -0.05) is 12.2 Å². The van der Waals surface area contributed by atoms with Crippen LogP contribution in [0.2, 0.25) is 25.7 Å². The first kappa shape index (κ1) is 24.8. The summed E-state index contributed by atoms with van der Waals surface area (Å²) in [5.74, 6) is 0.572. The van der Waals surface area contributed by atoms with E-state index < -0.39 is 37.6 Å². The minimum atomic E-state index is -2.50. The lowest BCUT2D eigenvalue weighted by atomic mass is 10.2. The molecule has 0 aromatic carbocycles. The van der Waals surface area contributed by atoms with Gasteiger partial charge in [-0.15, -0.1) is 0 Å². The summed E-state index contributed by atoms with van der Waals surface area (Å²) in [6.45, 7) is 13.7. The largest absolute Gasteiger partial charge is 0.433 e. The Bertz CT molecular complexity index is 444. The predicted molar refractivity (Wildman–Crippen MR) is 127 cm³/mol. The van der Waals surface area contributed by atoms with Crippen LogP contribution >= 0.6 is 20.5 Å². The molecule has 0 spiro atoms. The van der Waals surface area contributed by atoms with Crippen LogP contribution in [0.3, 0.4) is 0 Å². The van der Waals surface area contributed by atoms with Crippen molar-refractivity contribution in [3.05, 3.63) is 12.2 Å². The average Bonchev–Trinajstić information content (AvgIpc) is 3.07. The molecule has 0 aromatic rings. The Labute approximate surface area is 168 Å². The van der Waals surface area contributed by atoms with Gasteiger partial charge in [-0.2, -0.15) is 10.3 Å². The first-order valence-corrected chi connectivity index (χ1v) is 20.4. The Morgan fingerprint density at radius 3 is 2.08 bits per heavy atom. The van der Waals surface area contributed by atoms with Gasteiger partial charge in [0.05, 0.1) is 6.10 Å². The van der Waals surface area contributed by atoms with Crippen LogP contribution in [0.5, 0.6) is 0 Å². The van der Waals surface area contributed by atoms with Gasteiger partial charge in [0.15, 0.2) is 8.32 Å². The Morgan fingerprint density at radius 2 is 1.69 bits per heavy atom. The molecule has 158 valence electrons. The molecule has 0 radical (unpaired) electrons. The number of ether oxygens (including phenoxy) is 1. The maximum absolute atomic E-state index is 6.78. The monoisotopic (exact) mass is 441 g/mol. The summed E-state index contributed by atoms with van der Waals surface area (Å²) in [7, 11) is -6.32. The van der Waals surface area contributed by atoms with Crippen LogP contribution in [0.1, 0.15) is 19.8 Å². The lowest BCUT2D eigenvalue weighted by Crippen LogP contribution is -2.60. The molecule has 0 heterocycles. The zero-order valence-corrected chi connectivity index (χ0v) is 22.4. The fourth-order valence-electron chi connectivity index (χ4n) is 2.98. The van der Waals surface area contributed by atoms with Gasteiger partial charge in [0.25, 0.3) is 0 Å². The topological polar surface area (TPSA) is 39.7 Å². The third-order valence-corrected chi connectivity index (χ3v) is 15.2. The molecule has 4 nitrogen and oxygen atoms in total. The second-order valence-electron chi connectivity index (χ2n) is 9.92. The van der Waals surface area contributed by atoms with Crippen molar-refractivity contribution < 1.29 is 12.7 Å². The number of hydrogen-bond acceptors (Lipinski definition) is 4. The molecular formula is C18H43NO3S2Si2. The lowest BCUT2D eigenvalue weighted by Gasteiger charge is -2.46. The van der Waals surface area contributed by atoms with Gasteiger partial charge in [-0.05, 0) is 76.9 Å². The molecule has 1 saturated carbocycles. The average molecular weight is 442 g/mol. The summed E-state index contributed by atoms with van der Waals surface area (Å²) in [5.41, 5.74) is 1.25. The van der Waals surface area contributed by atoms with Gasteiger partial charge in [-0.3, -0.25) is 4.39 Å². The van der Waals surface area contributed by atoms with Crippen molar-refractivity contribution in [2.75, 3.05) is 44.1 Å². The van der Waals surface area contributed by atoms with Gasteiger partial charge in [0.1, 0.15) is 0 Å². The lowest BCUT2D eigenvalue weighted by molar-refractivity contribution is 0.111. The minimum absolute atomic E-state index is 0.386. The molecule has 0 aromatic heterocycles. The van der Waals surface area contributed by atoms with Crippen molar-refractivity contribution in [1.29, 1.82) is 0 Å². The Morgan fingerprint density at radius 1 is 1.12 bits per heavy atom. The van der Waals surface area contributed by atoms with Crippen LogP contribution in [0.15, 0.2) is 12.2 Å². The van der Waals surface area contributed by atoms with Gasteiger partial charge in [0.2, 0.25) is 0 Å². The highest BCUT2D eigenvalue weighted by Crippen LogP contribution is 2.45. The molecular weight excluding hydrogens is 399 g/mol. The second-order valence-corrected chi connectivity index (χ2v) is 25.6.